The third kappa shape index (κ3) is 4.07. The first-order valence-corrected chi connectivity index (χ1v) is 8.65. The van der Waals surface area contributed by atoms with Crippen molar-refractivity contribution in [2.75, 3.05) is 19.8 Å². The molecule has 0 aromatic heterocycles. The Morgan fingerprint density at radius 1 is 1.08 bits per heavy atom. The summed E-state index contributed by atoms with van der Waals surface area (Å²) in [7, 11) is 0. The van der Waals surface area contributed by atoms with Gasteiger partial charge in [0.2, 0.25) is 0 Å². The number of rotatable bonds is 4. The second-order valence-corrected chi connectivity index (χ2v) is 6.48. The van der Waals surface area contributed by atoms with Gasteiger partial charge < -0.3 is 10.1 Å². The van der Waals surface area contributed by atoms with Gasteiger partial charge in [0, 0.05) is 30.7 Å². The molecule has 0 saturated carbocycles. The van der Waals surface area contributed by atoms with Crippen LogP contribution in [0, 0.1) is 11.3 Å². The van der Waals surface area contributed by atoms with E-state index in [1.807, 2.05) is 18.2 Å². The molecule has 1 heterocycles. The Bertz CT molecular complexity index is 740. The van der Waals surface area contributed by atoms with E-state index in [9.17, 15) is 4.79 Å². The Balaban J connectivity index is 1.76. The van der Waals surface area contributed by atoms with Gasteiger partial charge in [0.1, 0.15) is 0 Å². The Morgan fingerprint density at radius 3 is 2.56 bits per heavy atom. The number of hydrogen-bond donors (Lipinski definition) is 1. The average molecular weight is 334 g/mol. The van der Waals surface area contributed by atoms with Crippen molar-refractivity contribution in [3.05, 3.63) is 71.3 Å². The molecule has 1 N–H and O–H groups in total. The van der Waals surface area contributed by atoms with Crippen molar-refractivity contribution >= 4 is 5.91 Å². The first kappa shape index (κ1) is 17.2. The molecule has 0 bridgehead atoms. The van der Waals surface area contributed by atoms with Crippen LogP contribution in [-0.2, 0) is 10.2 Å². The average Bonchev–Trinajstić information content (AvgIpc) is 2.93. The number of ether oxygens (including phenoxy) is 1. The largest absolute Gasteiger partial charge is 0.381 e. The van der Waals surface area contributed by atoms with Crippen LogP contribution in [0.15, 0.2) is 54.6 Å². The van der Waals surface area contributed by atoms with Crippen LogP contribution in [-0.4, -0.2) is 25.7 Å². The highest BCUT2D eigenvalue weighted by atomic mass is 16.5. The van der Waals surface area contributed by atoms with Gasteiger partial charge in [-0.15, -0.1) is 0 Å². The molecule has 1 atom stereocenters. The number of carbonyl (C=O) groups excluding carboxylic acids is 1. The summed E-state index contributed by atoms with van der Waals surface area (Å²) in [6.07, 6.45) is 2.87. The quantitative estimate of drug-likeness (QED) is 0.932. The fraction of sp³-hybridized carbons (Fsp3) is 0.333. The second kappa shape index (κ2) is 7.96. The van der Waals surface area contributed by atoms with Gasteiger partial charge in [-0.2, -0.15) is 5.26 Å². The van der Waals surface area contributed by atoms with E-state index in [1.54, 1.807) is 24.3 Å². The molecular formula is C21H22N2O2. The van der Waals surface area contributed by atoms with E-state index in [4.69, 9.17) is 10.00 Å². The van der Waals surface area contributed by atoms with E-state index in [1.165, 1.54) is 5.56 Å². The fourth-order valence-corrected chi connectivity index (χ4v) is 3.41. The van der Waals surface area contributed by atoms with Crippen molar-refractivity contribution in [1.29, 1.82) is 5.26 Å². The van der Waals surface area contributed by atoms with Crippen molar-refractivity contribution < 1.29 is 9.53 Å². The lowest BCUT2D eigenvalue weighted by molar-refractivity contribution is 0.0937. The maximum Gasteiger partial charge on any atom is 0.251 e. The molecule has 1 saturated heterocycles. The predicted octanol–water partition coefficient (Wildman–Crippen LogP) is 3.43. The summed E-state index contributed by atoms with van der Waals surface area (Å²) in [5.74, 6) is -0.107. The number of benzene rings is 2. The molecule has 1 aliphatic rings. The monoisotopic (exact) mass is 334 g/mol. The SMILES string of the molecule is N#Cc1ccc(C(=O)NCC2(c3ccccc3)CCCOCC2)cc1. The van der Waals surface area contributed by atoms with Crippen LogP contribution < -0.4 is 5.32 Å². The lowest BCUT2D eigenvalue weighted by Crippen LogP contribution is -2.41. The highest BCUT2D eigenvalue weighted by molar-refractivity contribution is 5.94. The lowest BCUT2D eigenvalue weighted by Gasteiger charge is -2.33. The summed E-state index contributed by atoms with van der Waals surface area (Å²) in [4.78, 5) is 12.5. The Labute approximate surface area is 148 Å². The van der Waals surface area contributed by atoms with E-state index < -0.39 is 0 Å². The standard InChI is InChI=1S/C21H22N2O2/c22-15-17-7-9-18(10-8-17)20(24)23-16-21(11-4-13-25-14-12-21)19-5-2-1-3-6-19/h1-3,5-10H,4,11-14,16H2,(H,23,24). The summed E-state index contributed by atoms with van der Waals surface area (Å²) in [5, 5.41) is 12.0. The van der Waals surface area contributed by atoms with E-state index in [0.717, 1.165) is 25.9 Å². The zero-order valence-electron chi connectivity index (χ0n) is 14.2. The van der Waals surface area contributed by atoms with Crippen LogP contribution in [0.25, 0.3) is 0 Å². The molecule has 128 valence electrons. The van der Waals surface area contributed by atoms with Crippen LogP contribution >= 0.6 is 0 Å². The van der Waals surface area contributed by atoms with Crippen molar-refractivity contribution in [3.63, 3.8) is 0 Å². The second-order valence-electron chi connectivity index (χ2n) is 6.48. The number of amides is 1. The molecule has 2 aromatic carbocycles. The highest BCUT2D eigenvalue weighted by Crippen LogP contribution is 2.34. The maximum absolute atomic E-state index is 12.5. The van der Waals surface area contributed by atoms with Gasteiger partial charge in [-0.05, 0) is 49.1 Å². The van der Waals surface area contributed by atoms with Crippen LogP contribution in [0.3, 0.4) is 0 Å². The van der Waals surface area contributed by atoms with E-state index >= 15 is 0 Å². The number of nitrogens with zero attached hydrogens (tertiary/aromatic N) is 1. The highest BCUT2D eigenvalue weighted by Gasteiger charge is 2.33. The van der Waals surface area contributed by atoms with E-state index in [2.05, 4.69) is 23.5 Å². The Kier molecular flexibility index (Phi) is 5.47. The van der Waals surface area contributed by atoms with E-state index in [-0.39, 0.29) is 11.3 Å². The fourth-order valence-electron chi connectivity index (χ4n) is 3.41. The van der Waals surface area contributed by atoms with Gasteiger partial charge in [-0.3, -0.25) is 4.79 Å². The van der Waals surface area contributed by atoms with Gasteiger partial charge in [-0.1, -0.05) is 30.3 Å². The zero-order valence-corrected chi connectivity index (χ0v) is 14.2. The summed E-state index contributed by atoms with van der Waals surface area (Å²) in [6, 6.07) is 19.2. The predicted molar refractivity (Wildman–Crippen MR) is 96.3 cm³/mol. The minimum absolute atomic E-state index is 0.0972. The maximum atomic E-state index is 12.5. The van der Waals surface area contributed by atoms with Gasteiger partial charge >= 0.3 is 0 Å². The van der Waals surface area contributed by atoms with Crippen molar-refractivity contribution in [3.8, 4) is 6.07 Å². The number of carbonyl (C=O) groups is 1. The van der Waals surface area contributed by atoms with Gasteiger partial charge in [0.05, 0.1) is 11.6 Å². The molecule has 1 aliphatic heterocycles. The van der Waals surface area contributed by atoms with Gasteiger partial charge in [0.15, 0.2) is 0 Å². The molecule has 0 radical (unpaired) electrons. The van der Waals surface area contributed by atoms with Crippen molar-refractivity contribution in [1.82, 2.24) is 5.32 Å². The normalized spacial score (nSPS) is 20.3. The molecular weight excluding hydrogens is 312 g/mol. The lowest BCUT2D eigenvalue weighted by atomic mass is 9.74. The van der Waals surface area contributed by atoms with Crippen LogP contribution in [0.4, 0.5) is 0 Å². The summed E-state index contributed by atoms with van der Waals surface area (Å²) >= 11 is 0. The topological polar surface area (TPSA) is 62.1 Å². The molecule has 1 unspecified atom stereocenters. The minimum atomic E-state index is -0.107. The molecule has 4 heteroatoms. The minimum Gasteiger partial charge on any atom is -0.381 e. The van der Waals surface area contributed by atoms with Crippen molar-refractivity contribution in [2.24, 2.45) is 0 Å². The first-order chi connectivity index (χ1) is 12.2. The zero-order chi connectivity index (χ0) is 17.5. The van der Waals surface area contributed by atoms with Crippen LogP contribution in [0.5, 0.6) is 0 Å². The molecule has 0 spiro atoms. The van der Waals surface area contributed by atoms with E-state index in [0.29, 0.717) is 24.3 Å². The number of hydrogen-bond acceptors (Lipinski definition) is 3. The Morgan fingerprint density at radius 2 is 1.84 bits per heavy atom. The van der Waals surface area contributed by atoms with Gasteiger partial charge in [0.25, 0.3) is 5.91 Å². The molecule has 1 fully saturated rings. The van der Waals surface area contributed by atoms with Gasteiger partial charge in [-0.25, -0.2) is 0 Å². The summed E-state index contributed by atoms with van der Waals surface area (Å²) in [6.45, 7) is 2.07. The van der Waals surface area contributed by atoms with Crippen LogP contribution in [0.2, 0.25) is 0 Å². The number of nitriles is 1. The van der Waals surface area contributed by atoms with Crippen LogP contribution in [0.1, 0.15) is 40.7 Å². The third-order valence-electron chi connectivity index (χ3n) is 4.92. The third-order valence-corrected chi connectivity index (χ3v) is 4.92. The van der Waals surface area contributed by atoms with Crippen molar-refractivity contribution in [2.45, 2.75) is 24.7 Å². The Hall–Kier alpha value is -2.64. The molecule has 25 heavy (non-hydrogen) atoms. The molecule has 1 amide bonds. The number of nitrogens with one attached hydrogen (secondary N) is 1. The first-order valence-electron chi connectivity index (χ1n) is 8.65. The summed E-state index contributed by atoms with van der Waals surface area (Å²) < 4.78 is 5.64. The summed E-state index contributed by atoms with van der Waals surface area (Å²) in [5.41, 5.74) is 2.28. The molecule has 2 aromatic rings. The molecule has 0 aliphatic carbocycles. The molecule has 4 nitrogen and oxygen atoms in total. The smallest absolute Gasteiger partial charge is 0.251 e. The molecule has 3 rings (SSSR count).